The quantitative estimate of drug-likeness (QED) is 0.794. The van der Waals surface area contributed by atoms with E-state index in [9.17, 15) is 4.79 Å². The number of rotatable bonds is 5. The van der Waals surface area contributed by atoms with Gasteiger partial charge >= 0.3 is 0 Å². The predicted molar refractivity (Wildman–Crippen MR) is 68.5 cm³/mol. The maximum atomic E-state index is 11.9. The molecule has 0 aromatic heterocycles. The molecule has 3 nitrogen and oxygen atoms in total. The average Bonchev–Trinajstić information content (AvgIpc) is 2.38. The zero-order valence-electron chi connectivity index (χ0n) is 10.2. The van der Waals surface area contributed by atoms with Crippen LogP contribution < -0.4 is 10.1 Å². The first-order valence-corrected chi connectivity index (χ1v) is 6.33. The molecule has 1 unspecified atom stereocenters. The minimum atomic E-state index is -0.318. The van der Waals surface area contributed by atoms with Gasteiger partial charge in [0.15, 0.2) is 11.9 Å². The van der Waals surface area contributed by atoms with E-state index in [2.05, 4.69) is 12.2 Å². The highest BCUT2D eigenvalue weighted by molar-refractivity contribution is 5.85. The fourth-order valence-corrected chi connectivity index (χ4v) is 2.00. The molecule has 0 aliphatic carbocycles. The molecule has 0 bridgehead atoms. The molecule has 3 heteroatoms. The minimum absolute atomic E-state index is 0.209. The Kier molecular flexibility index (Phi) is 4.02. The summed E-state index contributed by atoms with van der Waals surface area (Å²) >= 11 is 0. The van der Waals surface area contributed by atoms with Crippen LogP contribution in [0.2, 0.25) is 0 Å². The van der Waals surface area contributed by atoms with Gasteiger partial charge in [0.2, 0.25) is 0 Å². The summed E-state index contributed by atoms with van der Waals surface area (Å²) in [5.74, 6) is 0.994. The Morgan fingerprint density at radius 3 is 3.06 bits per heavy atom. The molecule has 1 heterocycles. The van der Waals surface area contributed by atoms with E-state index >= 15 is 0 Å². The van der Waals surface area contributed by atoms with E-state index in [-0.39, 0.29) is 11.9 Å². The van der Waals surface area contributed by atoms with Crippen LogP contribution >= 0.6 is 0 Å². The number of benzene rings is 1. The lowest BCUT2D eigenvalue weighted by atomic mass is 10.1. The number of ether oxygens (including phenoxy) is 1. The van der Waals surface area contributed by atoms with Crippen LogP contribution in [-0.2, 0) is 4.79 Å². The van der Waals surface area contributed by atoms with E-state index in [4.69, 9.17) is 4.74 Å². The summed E-state index contributed by atoms with van der Waals surface area (Å²) in [6.07, 6.45) is 3.53. The molecule has 1 aliphatic rings. The zero-order valence-corrected chi connectivity index (χ0v) is 10.2. The molecule has 1 aliphatic heterocycles. The molecule has 92 valence electrons. The van der Waals surface area contributed by atoms with Crippen molar-refractivity contribution in [1.29, 1.82) is 0 Å². The van der Waals surface area contributed by atoms with Crippen molar-refractivity contribution in [1.82, 2.24) is 0 Å². The summed E-state index contributed by atoms with van der Waals surface area (Å²) in [6, 6.07) is 7.74. The van der Waals surface area contributed by atoms with Crippen molar-refractivity contribution < 1.29 is 9.53 Å². The van der Waals surface area contributed by atoms with Gasteiger partial charge in [-0.2, -0.15) is 0 Å². The topological polar surface area (TPSA) is 38.3 Å². The highest BCUT2D eigenvalue weighted by Gasteiger charge is 2.24. The van der Waals surface area contributed by atoms with Gasteiger partial charge in [-0.25, -0.2) is 0 Å². The van der Waals surface area contributed by atoms with Crippen molar-refractivity contribution in [3.05, 3.63) is 24.3 Å². The average molecular weight is 233 g/mol. The third-order valence-corrected chi connectivity index (χ3v) is 3.02. The Bertz CT molecular complexity index is 390. The van der Waals surface area contributed by atoms with Gasteiger partial charge in [-0.1, -0.05) is 31.9 Å². The monoisotopic (exact) mass is 233 g/mol. The summed E-state index contributed by atoms with van der Waals surface area (Å²) in [6.45, 7) is 2.72. The lowest BCUT2D eigenvalue weighted by Gasteiger charge is -2.26. The number of hydrogen-bond acceptors (Lipinski definition) is 3. The van der Waals surface area contributed by atoms with Gasteiger partial charge in [0.25, 0.3) is 0 Å². The van der Waals surface area contributed by atoms with Crippen molar-refractivity contribution in [2.75, 3.05) is 11.9 Å². The van der Waals surface area contributed by atoms with Gasteiger partial charge in [0.05, 0.1) is 12.2 Å². The van der Waals surface area contributed by atoms with Crippen LogP contribution in [-0.4, -0.2) is 18.4 Å². The molecular weight excluding hydrogens is 214 g/mol. The highest BCUT2D eigenvalue weighted by Crippen LogP contribution is 2.28. The second-order valence-electron chi connectivity index (χ2n) is 4.41. The number of Topliss-reactive ketones (excluding diaryl/α,β-unsaturated/α-hetero) is 1. The van der Waals surface area contributed by atoms with E-state index in [1.165, 1.54) is 0 Å². The van der Waals surface area contributed by atoms with E-state index < -0.39 is 0 Å². The number of ketones is 1. The molecule has 1 atom stereocenters. The summed E-state index contributed by atoms with van der Waals surface area (Å²) in [5.41, 5.74) is 0.977. The molecule has 0 radical (unpaired) electrons. The maximum Gasteiger partial charge on any atom is 0.175 e. The molecule has 0 saturated heterocycles. The Morgan fingerprint density at radius 2 is 2.24 bits per heavy atom. The Balaban J connectivity index is 1.91. The Labute approximate surface area is 102 Å². The molecule has 0 amide bonds. The predicted octanol–water partition coefficient (Wildman–Crippen LogP) is 3.01. The van der Waals surface area contributed by atoms with Gasteiger partial charge in [0, 0.05) is 6.42 Å². The second-order valence-corrected chi connectivity index (χ2v) is 4.41. The number of hydrogen-bond donors (Lipinski definition) is 1. The SMILES string of the molecule is CCCCCC(=O)C1CNc2ccccc2O1. The molecule has 17 heavy (non-hydrogen) atoms. The van der Waals surface area contributed by atoms with Crippen molar-refractivity contribution in [3.8, 4) is 5.75 Å². The van der Waals surface area contributed by atoms with Gasteiger partial charge in [-0.15, -0.1) is 0 Å². The first-order valence-electron chi connectivity index (χ1n) is 6.33. The zero-order chi connectivity index (χ0) is 12.1. The normalized spacial score (nSPS) is 17.8. The first kappa shape index (κ1) is 12.0. The number of carbonyl (C=O) groups is 1. The highest BCUT2D eigenvalue weighted by atomic mass is 16.5. The summed E-state index contributed by atoms with van der Waals surface area (Å²) in [4.78, 5) is 11.9. The minimum Gasteiger partial charge on any atom is -0.479 e. The van der Waals surface area contributed by atoms with Gasteiger partial charge in [0.1, 0.15) is 5.75 Å². The van der Waals surface area contributed by atoms with E-state index in [1.807, 2.05) is 24.3 Å². The van der Waals surface area contributed by atoms with E-state index in [1.54, 1.807) is 0 Å². The van der Waals surface area contributed by atoms with E-state index in [0.29, 0.717) is 13.0 Å². The molecule has 1 aromatic carbocycles. The van der Waals surface area contributed by atoms with Gasteiger partial charge in [-0.05, 0) is 18.6 Å². The number of unbranched alkanes of at least 4 members (excludes halogenated alkanes) is 2. The van der Waals surface area contributed by atoms with Crippen molar-refractivity contribution in [3.63, 3.8) is 0 Å². The lowest BCUT2D eigenvalue weighted by molar-refractivity contribution is -0.125. The Morgan fingerprint density at radius 1 is 1.41 bits per heavy atom. The van der Waals surface area contributed by atoms with Crippen LogP contribution in [0.3, 0.4) is 0 Å². The lowest BCUT2D eigenvalue weighted by Crippen LogP contribution is -2.37. The van der Waals surface area contributed by atoms with Gasteiger partial charge < -0.3 is 10.1 Å². The fourth-order valence-electron chi connectivity index (χ4n) is 2.00. The number of carbonyl (C=O) groups excluding carboxylic acids is 1. The molecule has 2 rings (SSSR count). The summed E-state index contributed by atoms with van der Waals surface area (Å²) in [5, 5.41) is 3.24. The van der Waals surface area contributed by atoms with Crippen LogP contribution in [0.25, 0.3) is 0 Å². The molecular formula is C14H19NO2. The number of anilines is 1. The maximum absolute atomic E-state index is 11.9. The van der Waals surface area contributed by atoms with Crippen LogP contribution in [0, 0.1) is 0 Å². The number of para-hydroxylation sites is 2. The van der Waals surface area contributed by atoms with E-state index in [0.717, 1.165) is 30.7 Å². The van der Waals surface area contributed by atoms with Crippen LogP contribution in [0.5, 0.6) is 5.75 Å². The molecule has 1 N–H and O–H groups in total. The van der Waals surface area contributed by atoms with Gasteiger partial charge in [-0.3, -0.25) is 4.79 Å². The summed E-state index contributed by atoms with van der Waals surface area (Å²) in [7, 11) is 0. The van der Waals surface area contributed by atoms with Crippen LogP contribution in [0.4, 0.5) is 5.69 Å². The molecule has 1 aromatic rings. The van der Waals surface area contributed by atoms with Crippen molar-refractivity contribution in [2.45, 2.75) is 38.7 Å². The van der Waals surface area contributed by atoms with Crippen molar-refractivity contribution >= 4 is 11.5 Å². The largest absolute Gasteiger partial charge is 0.479 e. The second kappa shape index (κ2) is 5.71. The third-order valence-electron chi connectivity index (χ3n) is 3.02. The molecule has 0 spiro atoms. The fraction of sp³-hybridized carbons (Fsp3) is 0.500. The van der Waals surface area contributed by atoms with Crippen LogP contribution in [0.1, 0.15) is 32.6 Å². The summed E-state index contributed by atoms with van der Waals surface area (Å²) < 4.78 is 5.71. The molecule has 0 saturated carbocycles. The number of nitrogens with one attached hydrogen (secondary N) is 1. The first-order chi connectivity index (χ1) is 8.31. The van der Waals surface area contributed by atoms with Crippen LogP contribution in [0.15, 0.2) is 24.3 Å². The standard InChI is InChI=1S/C14H19NO2/c1-2-3-4-8-12(16)14-10-15-11-7-5-6-9-13(11)17-14/h5-7,9,14-15H,2-4,8,10H2,1H3. The smallest absolute Gasteiger partial charge is 0.175 e. The third kappa shape index (κ3) is 2.99. The molecule has 0 fully saturated rings. The van der Waals surface area contributed by atoms with Crippen molar-refractivity contribution in [2.24, 2.45) is 0 Å². The number of fused-ring (bicyclic) bond motifs is 1. The Hall–Kier alpha value is -1.51.